The standard InChI is InChI=1S/C21H15Cl2F3N2O2/c22-17-6-5-13(11-18(17)23)14(7-10-29)12-28-9-8-27-20(28)19(30)15-3-1-2-4-16(15)21(24,25)26/h1-6,8-11,14H,7,12H2. The molecule has 2 aromatic carbocycles. The Morgan fingerprint density at radius 1 is 1.13 bits per heavy atom. The summed E-state index contributed by atoms with van der Waals surface area (Å²) in [6.45, 7) is 0.145. The van der Waals surface area contributed by atoms with Gasteiger partial charge in [0.1, 0.15) is 6.29 Å². The number of benzene rings is 2. The van der Waals surface area contributed by atoms with Crippen LogP contribution in [0, 0.1) is 0 Å². The van der Waals surface area contributed by atoms with E-state index in [-0.39, 0.29) is 24.7 Å². The third-order valence-electron chi connectivity index (χ3n) is 4.61. The number of carbonyl (C=O) groups is 2. The van der Waals surface area contributed by atoms with Crippen molar-refractivity contribution >= 4 is 35.3 Å². The van der Waals surface area contributed by atoms with Gasteiger partial charge in [0.2, 0.25) is 5.78 Å². The molecule has 0 N–H and O–H groups in total. The molecule has 3 rings (SSSR count). The van der Waals surface area contributed by atoms with Crippen molar-refractivity contribution < 1.29 is 22.8 Å². The first-order chi connectivity index (χ1) is 14.2. The van der Waals surface area contributed by atoms with E-state index in [4.69, 9.17) is 23.2 Å². The summed E-state index contributed by atoms with van der Waals surface area (Å²) >= 11 is 12.0. The summed E-state index contributed by atoms with van der Waals surface area (Å²) in [6, 6.07) is 9.47. The maximum absolute atomic E-state index is 13.3. The van der Waals surface area contributed by atoms with Crippen LogP contribution in [-0.2, 0) is 17.5 Å². The number of rotatable bonds is 7. The number of ketones is 1. The van der Waals surface area contributed by atoms with Crippen LogP contribution in [0.1, 0.15) is 39.6 Å². The van der Waals surface area contributed by atoms with Crippen LogP contribution in [0.15, 0.2) is 54.9 Å². The van der Waals surface area contributed by atoms with Gasteiger partial charge >= 0.3 is 6.18 Å². The van der Waals surface area contributed by atoms with Gasteiger partial charge in [-0.15, -0.1) is 0 Å². The van der Waals surface area contributed by atoms with Gasteiger partial charge in [0.15, 0.2) is 5.82 Å². The third-order valence-corrected chi connectivity index (χ3v) is 5.35. The minimum Gasteiger partial charge on any atom is -0.328 e. The number of nitrogens with zero attached hydrogens (tertiary/aromatic N) is 2. The van der Waals surface area contributed by atoms with E-state index in [1.807, 2.05) is 0 Å². The molecule has 0 amide bonds. The molecule has 1 atom stereocenters. The van der Waals surface area contributed by atoms with E-state index in [0.29, 0.717) is 15.6 Å². The van der Waals surface area contributed by atoms with Gasteiger partial charge in [0, 0.05) is 36.8 Å². The smallest absolute Gasteiger partial charge is 0.328 e. The van der Waals surface area contributed by atoms with Gasteiger partial charge in [-0.3, -0.25) is 4.79 Å². The van der Waals surface area contributed by atoms with Gasteiger partial charge in [-0.05, 0) is 23.8 Å². The minimum absolute atomic E-state index is 0.114. The number of alkyl halides is 3. The summed E-state index contributed by atoms with van der Waals surface area (Å²) in [4.78, 5) is 28.0. The zero-order valence-corrected chi connectivity index (χ0v) is 16.9. The molecule has 0 saturated carbocycles. The average Bonchev–Trinajstić information content (AvgIpc) is 3.17. The van der Waals surface area contributed by atoms with Crippen LogP contribution < -0.4 is 0 Å². The fourth-order valence-electron chi connectivity index (χ4n) is 3.15. The molecule has 0 aliphatic heterocycles. The molecule has 0 aliphatic carbocycles. The van der Waals surface area contributed by atoms with E-state index in [1.165, 1.54) is 29.1 Å². The van der Waals surface area contributed by atoms with Crippen molar-refractivity contribution in [1.82, 2.24) is 9.55 Å². The van der Waals surface area contributed by atoms with E-state index in [2.05, 4.69) is 4.98 Å². The predicted molar refractivity (Wildman–Crippen MR) is 107 cm³/mol. The highest BCUT2D eigenvalue weighted by Crippen LogP contribution is 2.33. The zero-order chi connectivity index (χ0) is 21.9. The monoisotopic (exact) mass is 454 g/mol. The summed E-state index contributed by atoms with van der Waals surface area (Å²) in [5, 5.41) is 0.665. The lowest BCUT2D eigenvalue weighted by Gasteiger charge is -2.18. The van der Waals surface area contributed by atoms with E-state index in [9.17, 15) is 22.8 Å². The number of hydrogen-bond acceptors (Lipinski definition) is 3. The molecule has 0 saturated heterocycles. The fourth-order valence-corrected chi connectivity index (χ4v) is 3.46. The summed E-state index contributed by atoms with van der Waals surface area (Å²) < 4.78 is 41.4. The molecular formula is C21H15Cl2F3N2O2. The topological polar surface area (TPSA) is 52.0 Å². The molecule has 1 aromatic heterocycles. The molecule has 0 fully saturated rings. The van der Waals surface area contributed by atoms with E-state index < -0.39 is 23.1 Å². The number of halogens is 5. The van der Waals surface area contributed by atoms with Gasteiger partial charge in [-0.25, -0.2) is 4.98 Å². The van der Waals surface area contributed by atoms with Gasteiger partial charge < -0.3 is 9.36 Å². The highest BCUT2D eigenvalue weighted by Gasteiger charge is 2.35. The molecule has 0 spiro atoms. The maximum Gasteiger partial charge on any atom is 0.417 e. The molecule has 1 unspecified atom stereocenters. The maximum atomic E-state index is 13.3. The molecular weight excluding hydrogens is 440 g/mol. The van der Waals surface area contributed by atoms with Crippen LogP contribution >= 0.6 is 23.2 Å². The van der Waals surface area contributed by atoms with Crippen molar-refractivity contribution in [3.05, 3.63) is 87.4 Å². The molecule has 0 aliphatic rings. The fraction of sp³-hybridized carbons (Fsp3) is 0.190. The number of aromatic nitrogens is 2. The summed E-state index contributed by atoms with van der Waals surface area (Å²) in [7, 11) is 0. The zero-order valence-electron chi connectivity index (χ0n) is 15.4. The number of imidazole rings is 1. The van der Waals surface area contributed by atoms with E-state index in [1.54, 1.807) is 18.2 Å². The Balaban J connectivity index is 1.95. The lowest BCUT2D eigenvalue weighted by Crippen LogP contribution is -2.19. The predicted octanol–water partition coefficient (Wildman–Crippen LogP) is 5.81. The molecule has 4 nitrogen and oxygen atoms in total. The second-order valence-electron chi connectivity index (χ2n) is 6.55. The lowest BCUT2D eigenvalue weighted by molar-refractivity contribution is -0.137. The Bertz CT molecular complexity index is 1080. The third kappa shape index (κ3) is 4.74. The number of aldehydes is 1. The summed E-state index contributed by atoms with van der Waals surface area (Å²) in [5.74, 6) is -1.38. The highest BCUT2D eigenvalue weighted by molar-refractivity contribution is 6.42. The normalized spacial score (nSPS) is 12.6. The Hall–Kier alpha value is -2.64. The Morgan fingerprint density at radius 3 is 2.53 bits per heavy atom. The molecule has 156 valence electrons. The van der Waals surface area contributed by atoms with Crippen molar-refractivity contribution in [3.8, 4) is 0 Å². The Morgan fingerprint density at radius 2 is 1.87 bits per heavy atom. The second kappa shape index (κ2) is 9.02. The minimum atomic E-state index is -4.68. The SMILES string of the molecule is O=CCC(Cn1ccnc1C(=O)c1ccccc1C(F)(F)F)c1ccc(Cl)c(Cl)c1. The van der Waals surface area contributed by atoms with Gasteiger partial charge in [-0.1, -0.05) is 47.5 Å². The lowest BCUT2D eigenvalue weighted by atomic mass is 9.96. The summed E-state index contributed by atoms with van der Waals surface area (Å²) in [5.41, 5.74) is -0.809. The van der Waals surface area contributed by atoms with Crippen LogP contribution in [0.2, 0.25) is 10.0 Å². The van der Waals surface area contributed by atoms with Crippen molar-refractivity contribution in [3.63, 3.8) is 0 Å². The summed E-state index contributed by atoms with van der Waals surface area (Å²) in [6.07, 6.45) is -1.02. The average molecular weight is 455 g/mol. The van der Waals surface area contributed by atoms with Crippen LogP contribution in [-0.4, -0.2) is 21.6 Å². The molecule has 3 aromatic rings. The van der Waals surface area contributed by atoms with E-state index in [0.717, 1.165) is 18.4 Å². The van der Waals surface area contributed by atoms with Crippen LogP contribution in [0.25, 0.3) is 0 Å². The molecule has 1 heterocycles. The van der Waals surface area contributed by atoms with Crippen molar-refractivity contribution in [1.29, 1.82) is 0 Å². The quantitative estimate of drug-likeness (QED) is 0.334. The number of hydrogen-bond donors (Lipinski definition) is 0. The van der Waals surface area contributed by atoms with Crippen LogP contribution in [0.4, 0.5) is 13.2 Å². The Labute approximate surface area is 180 Å². The van der Waals surface area contributed by atoms with Gasteiger partial charge in [-0.2, -0.15) is 13.2 Å². The highest BCUT2D eigenvalue weighted by atomic mass is 35.5. The molecule has 30 heavy (non-hydrogen) atoms. The molecule has 0 radical (unpaired) electrons. The first-order valence-electron chi connectivity index (χ1n) is 8.83. The Kier molecular flexibility index (Phi) is 6.63. The first-order valence-corrected chi connectivity index (χ1v) is 9.58. The molecule has 9 heteroatoms. The first kappa shape index (κ1) is 22.1. The van der Waals surface area contributed by atoms with Gasteiger partial charge in [0.25, 0.3) is 0 Å². The van der Waals surface area contributed by atoms with Crippen molar-refractivity contribution in [2.24, 2.45) is 0 Å². The van der Waals surface area contributed by atoms with Crippen LogP contribution in [0.5, 0.6) is 0 Å². The van der Waals surface area contributed by atoms with Gasteiger partial charge in [0.05, 0.1) is 15.6 Å². The van der Waals surface area contributed by atoms with Crippen molar-refractivity contribution in [2.75, 3.05) is 0 Å². The second-order valence-corrected chi connectivity index (χ2v) is 7.36. The van der Waals surface area contributed by atoms with Crippen LogP contribution in [0.3, 0.4) is 0 Å². The largest absolute Gasteiger partial charge is 0.417 e. The molecule has 0 bridgehead atoms. The number of carbonyl (C=O) groups excluding carboxylic acids is 2. The van der Waals surface area contributed by atoms with E-state index >= 15 is 0 Å². The van der Waals surface area contributed by atoms with Crippen molar-refractivity contribution in [2.45, 2.75) is 25.1 Å².